The maximum Gasteiger partial charge on any atom is 0.387 e. The molecular weight excluding hydrogens is 432 g/mol. The van der Waals surface area contributed by atoms with Gasteiger partial charge in [-0.1, -0.05) is 0 Å². The van der Waals surface area contributed by atoms with E-state index in [9.17, 15) is 13.0 Å². The van der Waals surface area contributed by atoms with Crippen LogP contribution in [0.4, 0.5) is 8.78 Å². The van der Waals surface area contributed by atoms with Crippen molar-refractivity contribution in [2.24, 2.45) is 0 Å². The zero-order valence-corrected chi connectivity index (χ0v) is 17.9. The Bertz CT molecular complexity index is 1060. The first kappa shape index (κ1) is 22.9. The number of alkyl halides is 2. The number of aromatic nitrogens is 3. The van der Waals surface area contributed by atoms with E-state index in [0.29, 0.717) is 47.6 Å². The van der Waals surface area contributed by atoms with Gasteiger partial charge in [0.2, 0.25) is 0 Å². The number of aliphatic hydroxyl groups excluding tert-OH is 1. The average Bonchev–Trinajstić information content (AvgIpc) is 3.11. The molecule has 1 N–H and O–H groups in total. The predicted molar refractivity (Wildman–Crippen MR) is 110 cm³/mol. The zero-order valence-electron chi connectivity index (χ0n) is 17.1. The van der Waals surface area contributed by atoms with E-state index in [0.717, 1.165) is 0 Å². The molecule has 3 rings (SSSR count). The van der Waals surface area contributed by atoms with Crippen molar-refractivity contribution in [3.8, 4) is 17.2 Å². The highest BCUT2D eigenvalue weighted by Crippen LogP contribution is 2.31. The molecule has 31 heavy (non-hydrogen) atoms. The SMILES string of the molecule is COc1ccnc(CS(=O)c2nc3cc(OC(F)F)ccc3n2CCCCO)c1OC. The van der Waals surface area contributed by atoms with Gasteiger partial charge in [-0.05, 0) is 25.0 Å². The van der Waals surface area contributed by atoms with E-state index in [1.165, 1.54) is 32.5 Å². The van der Waals surface area contributed by atoms with Crippen molar-refractivity contribution in [1.82, 2.24) is 14.5 Å². The molecule has 0 saturated heterocycles. The van der Waals surface area contributed by atoms with Gasteiger partial charge in [0.25, 0.3) is 0 Å². The molecule has 3 aromatic rings. The summed E-state index contributed by atoms with van der Waals surface area (Å²) in [6, 6.07) is 6.04. The third-order valence-corrected chi connectivity index (χ3v) is 5.79. The van der Waals surface area contributed by atoms with E-state index in [4.69, 9.17) is 14.6 Å². The van der Waals surface area contributed by atoms with Crippen molar-refractivity contribution in [2.45, 2.75) is 36.9 Å². The van der Waals surface area contributed by atoms with Crippen molar-refractivity contribution in [2.75, 3.05) is 20.8 Å². The van der Waals surface area contributed by atoms with Crippen LogP contribution in [-0.2, 0) is 23.1 Å². The number of aliphatic hydroxyl groups is 1. The standard InChI is InChI=1S/C20H23F2N3O5S/c1-28-17-7-8-23-15(18(17)29-2)12-31(27)20-24-14-11-13(30-19(21)22)5-6-16(14)25(20)9-3-4-10-26/h5-8,11,19,26H,3-4,9-10,12H2,1-2H3. The van der Waals surface area contributed by atoms with Crippen LogP contribution in [0.2, 0.25) is 0 Å². The van der Waals surface area contributed by atoms with Crippen LogP contribution in [0.5, 0.6) is 17.2 Å². The Morgan fingerprint density at radius 3 is 2.68 bits per heavy atom. The van der Waals surface area contributed by atoms with E-state index < -0.39 is 17.4 Å². The number of pyridine rings is 1. The third-order valence-electron chi connectivity index (χ3n) is 4.54. The minimum Gasteiger partial charge on any atom is -0.493 e. The number of fused-ring (bicyclic) bond motifs is 1. The zero-order chi connectivity index (χ0) is 22.4. The maximum absolute atomic E-state index is 13.3. The Hall–Kier alpha value is -2.79. The normalized spacial score (nSPS) is 12.3. The second kappa shape index (κ2) is 10.5. The Kier molecular flexibility index (Phi) is 7.75. The van der Waals surface area contributed by atoms with Gasteiger partial charge < -0.3 is 23.9 Å². The minimum absolute atomic E-state index is 0.0179. The van der Waals surface area contributed by atoms with E-state index in [1.807, 2.05) is 0 Å². The molecular formula is C20H23F2N3O5S. The third kappa shape index (κ3) is 5.28. The molecule has 0 saturated carbocycles. The summed E-state index contributed by atoms with van der Waals surface area (Å²) < 4.78 is 55.2. The predicted octanol–water partition coefficient (Wildman–Crippen LogP) is 3.13. The van der Waals surface area contributed by atoms with Crippen molar-refractivity contribution >= 4 is 21.8 Å². The summed E-state index contributed by atoms with van der Waals surface area (Å²) in [5.41, 5.74) is 1.46. The molecule has 0 bridgehead atoms. The van der Waals surface area contributed by atoms with E-state index in [-0.39, 0.29) is 23.3 Å². The van der Waals surface area contributed by atoms with Crippen LogP contribution in [0.15, 0.2) is 35.6 Å². The molecule has 1 unspecified atom stereocenters. The summed E-state index contributed by atoms with van der Waals surface area (Å²) in [7, 11) is 1.35. The maximum atomic E-state index is 13.3. The number of benzene rings is 1. The highest BCUT2D eigenvalue weighted by Gasteiger charge is 2.21. The number of halogens is 2. The Balaban J connectivity index is 1.98. The van der Waals surface area contributed by atoms with Crippen molar-refractivity contribution in [1.29, 1.82) is 0 Å². The number of hydrogen-bond donors (Lipinski definition) is 1. The summed E-state index contributed by atoms with van der Waals surface area (Å²) in [5.74, 6) is 0.837. The van der Waals surface area contributed by atoms with Crippen LogP contribution in [-0.4, -0.2) is 51.3 Å². The van der Waals surface area contributed by atoms with Gasteiger partial charge in [-0.3, -0.25) is 9.19 Å². The summed E-state index contributed by atoms with van der Waals surface area (Å²) in [6.07, 6.45) is 2.72. The molecule has 168 valence electrons. The van der Waals surface area contributed by atoms with Gasteiger partial charge >= 0.3 is 6.61 Å². The lowest BCUT2D eigenvalue weighted by molar-refractivity contribution is -0.0497. The molecule has 0 spiro atoms. The fourth-order valence-corrected chi connectivity index (χ4v) is 4.40. The van der Waals surface area contributed by atoms with Gasteiger partial charge in [0.05, 0.1) is 47.5 Å². The van der Waals surface area contributed by atoms with Crippen LogP contribution < -0.4 is 14.2 Å². The van der Waals surface area contributed by atoms with E-state index >= 15 is 0 Å². The molecule has 2 aromatic heterocycles. The van der Waals surface area contributed by atoms with Gasteiger partial charge in [-0.15, -0.1) is 0 Å². The lowest BCUT2D eigenvalue weighted by Gasteiger charge is -2.12. The second-order valence-corrected chi connectivity index (χ2v) is 7.83. The van der Waals surface area contributed by atoms with Crippen molar-refractivity contribution in [3.63, 3.8) is 0 Å². The van der Waals surface area contributed by atoms with Gasteiger partial charge in [0, 0.05) is 31.5 Å². The Morgan fingerprint density at radius 1 is 1.19 bits per heavy atom. The summed E-state index contributed by atoms with van der Waals surface area (Å²) in [5, 5.41) is 9.37. The van der Waals surface area contributed by atoms with E-state index in [2.05, 4.69) is 14.7 Å². The largest absolute Gasteiger partial charge is 0.493 e. The second-order valence-electron chi connectivity index (χ2n) is 6.49. The first-order valence-corrected chi connectivity index (χ1v) is 10.8. The molecule has 0 aliphatic heterocycles. The number of rotatable bonds is 11. The Morgan fingerprint density at radius 2 is 2.00 bits per heavy atom. The Labute approximate surface area is 180 Å². The number of unbranched alkanes of at least 4 members (excludes halogenated alkanes) is 1. The number of aryl methyl sites for hydroxylation is 1. The molecule has 1 atom stereocenters. The average molecular weight is 455 g/mol. The molecule has 1 aromatic carbocycles. The van der Waals surface area contributed by atoms with Crippen LogP contribution in [0.1, 0.15) is 18.5 Å². The lowest BCUT2D eigenvalue weighted by atomic mass is 10.3. The molecule has 8 nitrogen and oxygen atoms in total. The lowest BCUT2D eigenvalue weighted by Crippen LogP contribution is -2.10. The molecule has 0 amide bonds. The van der Waals surface area contributed by atoms with Crippen LogP contribution in [0.25, 0.3) is 11.0 Å². The van der Waals surface area contributed by atoms with Gasteiger partial charge in [0.1, 0.15) is 5.75 Å². The highest BCUT2D eigenvalue weighted by molar-refractivity contribution is 7.84. The van der Waals surface area contributed by atoms with E-state index in [1.54, 1.807) is 16.7 Å². The van der Waals surface area contributed by atoms with Gasteiger partial charge in [-0.2, -0.15) is 8.78 Å². The minimum atomic E-state index is -2.95. The molecule has 2 heterocycles. The van der Waals surface area contributed by atoms with Crippen LogP contribution in [0.3, 0.4) is 0 Å². The molecule has 0 aliphatic carbocycles. The molecule has 0 radical (unpaired) electrons. The summed E-state index contributed by atoms with van der Waals surface area (Å²) >= 11 is 0. The topological polar surface area (TPSA) is 95.7 Å². The quantitative estimate of drug-likeness (QED) is 0.444. The number of nitrogens with zero attached hydrogens (tertiary/aromatic N) is 3. The van der Waals surface area contributed by atoms with Crippen LogP contribution in [0, 0.1) is 0 Å². The van der Waals surface area contributed by atoms with Crippen molar-refractivity contribution < 1.29 is 32.3 Å². The van der Waals surface area contributed by atoms with Gasteiger partial charge in [0.15, 0.2) is 16.7 Å². The van der Waals surface area contributed by atoms with Crippen molar-refractivity contribution in [3.05, 3.63) is 36.2 Å². The summed E-state index contributed by atoms with van der Waals surface area (Å²) in [4.78, 5) is 8.69. The highest BCUT2D eigenvalue weighted by atomic mass is 32.2. The molecule has 11 heteroatoms. The monoisotopic (exact) mass is 455 g/mol. The fraction of sp³-hybridized carbons (Fsp3) is 0.400. The van der Waals surface area contributed by atoms with Gasteiger partial charge in [-0.25, -0.2) is 4.98 Å². The molecule has 0 aliphatic rings. The fourth-order valence-electron chi connectivity index (χ4n) is 3.18. The number of methoxy groups -OCH3 is 2. The number of hydrogen-bond acceptors (Lipinski definition) is 7. The number of imidazole rings is 1. The summed E-state index contributed by atoms with van der Waals surface area (Å²) in [6.45, 7) is -2.47. The smallest absolute Gasteiger partial charge is 0.387 e. The van der Waals surface area contributed by atoms with Crippen LogP contribution >= 0.6 is 0 Å². The molecule has 0 fully saturated rings. The first-order chi connectivity index (χ1) is 15.0. The number of ether oxygens (including phenoxy) is 3. The first-order valence-electron chi connectivity index (χ1n) is 9.48.